The summed E-state index contributed by atoms with van der Waals surface area (Å²) in [7, 11) is 4.12. The average Bonchev–Trinajstić information content (AvgIpc) is 3.27. The van der Waals surface area contributed by atoms with Gasteiger partial charge < -0.3 is 9.88 Å². The maximum Gasteiger partial charge on any atom is 0.237 e. The van der Waals surface area contributed by atoms with Crippen LogP contribution in [0.2, 0.25) is 0 Å². The van der Waals surface area contributed by atoms with Crippen molar-refractivity contribution in [2.75, 3.05) is 19.4 Å². The van der Waals surface area contributed by atoms with Gasteiger partial charge in [0.15, 0.2) is 11.0 Å². The number of para-hydroxylation sites is 1. The van der Waals surface area contributed by atoms with Crippen LogP contribution in [0.25, 0.3) is 11.1 Å². The first-order valence-electron chi connectivity index (χ1n) is 12.2. The summed E-state index contributed by atoms with van der Waals surface area (Å²) < 4.78 is 2.15. The van der Waals surface area contributed by atoms with Crippen LogP contribution in [-0.4, -0.2) is 44.9 Å². The quantitative estimate of drug-likeness (QED) is 0.266. The number of carbonyl (C=O) groups excluding carboxylic acids is 1. The number of carbonyl (C=O) groups is 1. The van der Waals surface area contributed by atoms with Crippen LogP contribution in [-0.2, 0) is 11.3 Å². The Balaban J connectivity index is 1.57. The number of amides is 1. The number of hydrogen-bond acceptors (Lipinski definition) is 5. The van der Waals surface area contributed by atoms with Crippen LogP contribution in [0.1, 0.15) is 37.7 Å². The van der Waals surface area contributed by atoms with Crippen LogP contribution in [0.4, 0.5) is 5.69 Å². The van der Waals surface area contributed by atoms with Gasteiger partial charge in [0.05, 0.1) is 17.8 Å². The summed E-state index contributed by atoms with van der Waals surface area (Å²) in [5.41, 5.74) is 4.03. The van der Waals surface area contributed by atoms with Gasteiger partial charge in [0.2, 0.25) is 5.91 Å². The Kier molecular flexibility index (Phi) is 8.57. The van der Waals surface area contributed by atoms with E-state index < -0.39 is 0 Å². The number of nitrogens with zero attached hydrogens (tertiary/aromatic N) is 4. The van der Waals surface area contributed by atoms with Gasteiger partial charge in [0, 0.05) is 11.3 Å². The summed E-state index contributed by atoms with van der Waals surface area (Å²) in [6, 6.07) is 28.4. The molecule has 1 amide bonds. The van der Waals surface area contributed by atoms with E-state index in [1.807, 2.05) is 79.7 Å². The largest absolute Gasteiger partial charge is 0.325 e. The fourth-order valence-electron chi connectivity index (χ4n) is 4.23. The molecular formula is C29H33N5OS. The number of benzene rings is 3. The van der Waals surface area contributed by atoms with Crippen molar-refractivity contribution in [2.24, 2.45) is 0 Å². The van der Waals surface area contributed by atoms with Gasteiger partial charge in [-0.05, 0) is 44.6 Å². The number of rotatable bonds is 10. The Bertz CT molecular complexity index is 1270. The summed E-state index contributed by atoms with van der Waals surface area (Å²) in [5.74, 6) is 0.842. The number of nitrogens with one attached hydrogen (secondary N) is 1. The van der Waals surface area contributed by atoms with Gasteiger partial charge in [-0.25, -0.2) is 0 Å². The maximum atomic E-state index is 13.3. The summed E-state index contributed by atoms with van der Waals surface area (Å²) in [6.07, 6.45) is 0.914. The molecule has 6 nitrogen and oxygen atoms in total. The van der Waals surface area contributed by atoms with Gasteiger partial charge in [0.1, 0.15) is 0 Å². The highest BCUT2D eigenvalue weighted by atomic mass is 32.2. The lowest BCUT2D eigenvalue weighted by molar-refractivity contribution is -0.115. The third kappa shape index (κ3) is 6.04. The number of anilines is 1. The topological polar surface area (TPSA) is 63.1 Å². The predicted molar refractivity (Wildman–Crippen MR) is 148 cm³/mol. The van der Waals surface area contributed by atoms with E-state index in [1.54, 1.807) is 0 Å². The molecule has 186 valence electrons. The summed E-state index contributed by atoms with van der Waals surface area (Å²) in [5, 5.41) is 12.6. The molecule has 2 atom stereocenters. The normalized spacial score (nSPS) is 12.9. The zero-order valence-corrected chi connectivity index (χ0v) is 22.1. The minimum atomic E-state index is -0.361. The Morgan fingerprint density at radius 1 is 0.944 bits per heavy atom. The molecular weight excluding hydrogens is 466 g/mol. The Morgan fingerprint density at radius 2 is 1.58 bits per heavy atom. The highest BCUT2D eigenvalue weighted by Gasteiger charge is 2.25. The molecule has 0 aliphatic heterocycles. The molecule has 7 heteroatoms. The van der Waals surface area contributed by atoms with E-state index in [4.69, 9.17) is 0 Å². The lowest BCUT2D eigenvalue weighted by Crippen LogP contribution is -2.25. The smallest absolute Gasteiger partial charge is 0.237 e. The predicted octanol–water partition coefficient (Wildman–Crippen LogP) is 6.13. The lowest BCUT2D eigenvalue weighted by atomic mass is 10.0. The molecule has 0 bridgehead atoms. The molecule has 0 saturated carbocycles. The van der Waals surface area contributed by atoms with Crippen LogP contribution in [0.3, 0.4) is 0 Å². The van der Waals surface area contributed by atoms with Crippen molar-refractivity contribution in [3.8, 4) is 11.1 Å². The molecule has 0 radical (unpaired) electrons. The molecule has 0 spiro atoms. The average molecular weight is 500 g/mol. The maximum absolute atomic E-state index is 13.3. The van der Waals surface area contributed by atoms with Crippen molar-refractivity contribution in [3.63, 3.8) is 0 Å². The number of thioether (sulfide) groups is 1. The van der Waals surface area contributed by atoms with E-state index >= 15 is 0 Å². The van der Waals surface area contributed by atoms with Crippen molar-refractivity contribution in [1.82, 2.24) is 19.7 Å². The van der Waals surface area contributed by atoms with Gasteiger partial charge in [-0.3, -0.25) is 9.69 Å². The van der Waals surface area contributed by atoms with Crippen LogP contribution >= 0.6 is 11.8 Å². The van der Waals surface area contributed by atoms with Crippen LogP contribution < -0.4 is 5.32 Å². The fourth-order valence-corrected chi connectivity index (χ4v) is 5.09. The second kappa shape index (κ2) is 12.0. The molecule has 4 rings (SSSR count). The summed E-state index contributed by atoms with van der Waals surface area (Å²) in [6.45, 7) is 4.72. The monoisotopic (exact) mass is 499 g/mol. The molecule has 0 fully saturated rings. The van der Waals surface area contributed by atoms with E-state index in [1.165, 1.54) is 17.3 Å². The van der Waals surface area contributed by atoms with Crippen molar-refractivity contribution in [3.05, 3.63) is 96.3 Å². The number of hydrogen-bond donors (Lipinski definition) is 1. The third-order valence-electron chi connectivity index (χ3n) is 6.16. The first kappa shape index (κ1) is 25.7. The third-order valence-corrected chi connectivity index (χ3v) is 7.24. The van der Waals surface area contributed by atoms with Crippen molar-refractivity contribution < 1.29 is 4.79 Å². The molecule has 3 aromatic carbocycles. The zero-order valence-electron chi connectivity index (χ0n) is 21.3. The first-order chi connectivity index (χ1) is 17.5. The summed E-state index contributed by atoms with van der Waals surface area (Å²) in [4.78, 5) is 15.4. The number of aromatic nitrogens is 3. The minimum absolute atomic E-state index is 0.0705. The van der Waals surface area contributed by atoms with E-state index in [-0.39, 0.29) is 17.2 Å². The second-order valence-electron chi connectivity index (χ2n) is 8.96. The van der Waals surface area contributed by atoms with Gasteiger partial charge >= 0.3 is 0 Å². The van der Waals surface area contributed by atoms with E-state index in [0.29, 0.717) is 6.54 Å². The molecule has 1 N–H and O–H groups in total. The van der Waals surface area contributed by atoms with Crippen LogP contribution in [0.15, 0.2) is 90.1 Å². The molecule has 1 heterocycles. The van der Waals surface area contributed by atoms with Crippen molar-refractivity contribution >= 4 is 23.4 Å². The van der Waals surface area contributed by atoms with E-state index in [9.17, 15) is 4.79 Å². The van der Waals surface area contributed by atoms with Crippen molar-refractivity contribution in [2.45, 2.75) is 43.3 Å². The Hall–Kier alpha value is -3.42. The Morgan fingerprint density at radius 3 is 2.25 bits per heavy atom. The van der Waals surface area contributed by atoms with Gasteiger partial charge in [-0.2, -0.15) is 0 Å². The highest BCUT2D eigenvalue weighted by Crippen LogP contribution is 2.31. The van der Waals surface area contributed by atoms with Gasteiger partial charge in [-0.15, -0.1) is 10.2 Å². The lowest BCUT2D eigenvalue weighted by Gasteiger charge is -2.23. The van der Waals surface area contributed by atoms with Crippen LogP contribution in [0, 0.1) is 0 Å². The van der Waals surface area contributed by atoms with Gasteiger partial charge in [0.25, 0.3) is 0 Å². The van der Waals surface area contributed by atoms with Gasteiger partial charge in [-0.1, -0.05) is 97.5 Å². The zero-order chi connectivity index (χ0) is 25.5. The molecule has 0 unspecified atom stereocenters. The van der Waals surface area contributed by atoms with Crippen molar-refractivity contribution in [1.29, 1.82) is 0 Å². The standard InChI is InChI=1S/C29H33N5OS/c1-5-26(33(3)4)27-31-32-29(34(27)20-22-14-8-6-9-15-22)36-21(2)28(35)30-25-19-13-12-18-24(25)23-16-10-7-11-17-23/h6-19,21,26H,5,20H2,1-4H3,(H,30,35)/t21-,26-/m1/s1. The molecule has 0 saturated heterocycles. The van der Waals surface area contributed by atoms with Crippen LogP contribution in [0.5, 0.6) is 0 Å². The summed E-state index contributed by atoms with van der Waals surface area (Å²) >= 11 is 1.44. The molecule has 1 aromatic heterocycles. The molecule has 4 aromatic rings. The molecule has 36 heavy (non-hydrogen) atoms. The molecule has 0 aliphatic carbocycles. The fraction of sp³-hybridized carbons (Fsp3) is 0.276. The second-order valence-corrected chi connectivity index (χ2v) is 10.3. The highest BCUT2D eigenvalue weighted by molar-refractivity contribution is 8.00. The minimum Gasteiger partial charge on any atom is -0.325 e. The van der Waals surface area contributed by atoms with E-state index in [2.05, 4.69) is 58.1 Å². The SMILES string of the molecule is CC[C@H](c1nnc(S[C@H](C)C(=O)Nc2ccccc2-c2ccccc2)n1Cc1ccccc1)N(C)C. The molecule has 0 aliphatic rings. The Labute approximate surface area is 217 Å². The first-order valence-corrected chi connectivity index (χ1v) is 13.1. The van der Waals surface area contributed by atoms with E-state index in [0.717, 1.165) is 34.2 Å².